The van der Waals surface area contributed by atoms with Gasteiger partial charge in [0.05, 0.1) is 12.7 Å². The van der Waals surface area contributed by atoms with E-state index >= 15 is 0 Å². The van der Waals surface area contributed by atoms with Crippen molar-refractivity contribution < 1.29 is 19.7 Å². The third-order valence-electron chi connectivity index (χ3n) is 5.69. The minimum absolute atomic E-state index is 0.314. The lowest BCUT2D eigenvalue weighted by molar-refractivity contribution is -0.166. The molecular formula is C20H24N2O6. The molecule has 0 spiro atoms. The Labute approximate surface area is 161 Å². The van der Waals surface area contributed by atoms with Crippen LogP contribution in [-0.2, 0) is 16.1 Å². The van der Waals surface area contributed by atoms with Crippen LogP contribution in [0.1, 0.15) is 36.6 Å². The fraction of sp³-hybridized carbons (Fsp3) is 0.500. The first-order valence-corrected chi connectivity index (χ1v) is 9.43. The summed E-state index contributed by atoms with van der Waals surface area (Å²) in [5, 5.41) is 22.0. The Bertz CT molecular complexity index is 955. The summed E-state index contributed by atoms with van der Waals surface area (Å²) in [6.45, 7) is 1.92. The van der Waals surface area contributed by atoms with E-state index in [4.69, 9.17) is 9.47 Å². The molecule has 2 aliphatic rings. The van der Waals surface area contributed by atoms with Gasteiger partial charge >= 0.3 is 5.69 Å². The van der Waals surface area contributed by atoms with E-state index in [-0.39, 0.29) is 0 Å². The van der Waals surface area contributed by atoms with Crippen LogP contribution in [0.15, 0.2) is 46.1 Å². The summed E-state index contributed by atoms with van der Waals surface area (Å²) in [4.78, 5) is 26.1. The molecule has 150 valence electrons. The molecule has 0 bridgehead atoms. The number of H-pyrrole nitrogens is 1. The maximum Gasteiger partial charge on any atom is 0.330 e. The number of hydrogen-bond acceptors (Lipinski definition) is 6. The van der Waals surface area contributed by atoms with Crippen molar-refractivity contribution in [2.45, 2.75) is 62.9 Å². The summed E-state index contributed by atoms with van der Waals surface area (Å²) in [5.74, 6) is 0. The number of benzene rings is 1. The number of nitrogens with zero attached hydrogens (tertiary/aromatic N) is 1. The van der Waals surface area contributed by atoms with E-state index in [0.717, 1.165) is 10.1 Å². The first kappa shape index (κ1) is 19.1. The van der Waals surface area contributed by atoms with Crippen molar-refractivity contribution in [3.63, 3.8) is 0 Å². The quantitative estimate of drug-likeness (QED) is 0.707. The van der Waals surface area contributed by atoms with Gasteiger partial charge in [-0.2, -0.15) is 0 Å². The normalized spacial score (nSPS) is 32.2. The Morgan fingerprint density at radius 2 is 2.07 bits per heavy atom. The van der Waals surface area contributed by atoms with Crippen LogP contribution in [0.2, 0.25) is 0 Å². The molecule has 0 radical (unpaired) electrons. The summed E-state index contributed by atoms with van der Waals surface area (Å²) in [5.41, 5.74) is -1.39. The molecule has 1 saturated heterocycles. The summed E-state index contributed by atoms with van der Waals surface area (Å²) in [6, 6.07) is 9.67. The number of ether oxygens (including phenoxy) is 2. The first-order chi connectivity index (χ1) is 13.4. The molecule has 8 nitrogen and oxygen atoms in total. The second kappa shape index (κ2) is 7.29. The molecular weight excluding hydrogens is 364 g/mol. The van der Waals surface area contributed by atoms with Crippen LogP contribution in [-0.4, -0.2) is 43.7 Å². The number of hydrogen-bond donors (Lipinski definition) is 3. The van der Waals surface area contributed by atoms with Crippen LogP contribution >= 0.6 is 0 Å². The van der Waals surface area contributed by atoms with Gasteiger partial charge in [-0.3, -0.25) is 14.3 Å². The molecule has 3 N–H and O–H groups in total. The largest absolute Gasteiger partial charge is 0.385 e. The highest BCUT2D eigenvalue weighted by molar-refractivity contribution is 5.14. The SMILES string of the molecule is Cc1cn(C2OC3C(OCc4ccccc4)CCCC3(O)C2O)c(=O)[nH]c1=O. The van der Waals surface area contributed by atoms with Gasteiger partial charge in [-0.1, -0.05) is 30.3 Å². The molecule has 1 saturated carbocycles. The maximum atomic E-state index is 12.2. The zero-order valence-corrected chi connectivity index (χ0v) is 15.6. The van der Waals surface area contributed by atoms with Crippen LogP contribution in [0.4, 0.5) is 0 Å². The average Bonchev–Trinajstić information content (AvgIpc) is 2.95. The number of aryl methyl sites for hydroxylation is 1. The number of aromatic nitrogens is 2. The van der Waals surface area contributed by atoms with E-state index in [1.54, 1.807) is 6.92 Å². The van der Waals surface area contributed by atoms with Gasteiger partial charge in [-0.05, 0) is 31.7 Å². The van der Waals surface area contributed by atoms with Crippen molar-refractivity contribution in [2.24, 2.45) is 0 Å². The highest BCUT2D eigenvalue weighted by Crippen LogP contribution is 2.45. The highest BCUT2D eigenvalue weighted by atomic mass is 16.6. The lowest BCUT2D eigenvalue weighted by atomic mass is 9.78. The number of aliphatic hydroxyl groups is 2. The van der Waals surface area contributed by atoms with E-state index in [2.05, 4.69) is 4.98 Å². The Morgan fingerprint density at radius 1 is 1.32 bits per heavy atom. The standard InChI is InChI=1S/C20H24N2O6/c1-12-10-22(19(25)21-17(12)24)18-15(23)20(26)9-5-8-14(16(20)28-18)27-11-13-6-3-2-4-7-13/h2-4,6-7,10,14-16,18,23,26H,5,8-9,11H2,1H3,(H,21,24,25). The van der Waals surface area contributed by atoms with E-state index in [1.165, 1.54) is 6.20 Å². The van der Waals surface area contributed by atoms with Crippen molar-refractivity contribution in [3.05, 3.63) is 68.5 Å². The lowest BCUT2D eigenvalue weighted by Crippen LogP contribution is -2.55. The molecule has 1 aromatic carbocycles. The Balaban J connectivity index is 1.59. The lowest BCUT2D eigenvalue weighted by Gasteiger charge is -2.39. The van der Waals surface area contributed by atoms with Crippen LogP contribution in [0.5, 0.6) is 0 Å². The van der Waals surface area contributed by atoms with Gasteiger partial charge in [0, 0.05) is 11.8 Å². The van der Waals surface area contributed by atoms with Gasteiger partial charge in [0.25, 0.3) is 5.56 Å². The Kier molecular flexibility index (Phi) is 4.96. The van der Waals surface area contributed by atoms with Crippen molar-refractivity contribution in [1.29, 1.82) is 0 Å². The third-order valence-corrected chi connectivity index (χ3v) is 5.69. The molecule has 2 fully saturated rings. The zero-order valence-electron chi connectivity index (χ0n) is 15.6. The number of fused-ring (bicyclic) bond motifs is 1. The predicted molar refractivity (Wildman–Crippen MR) is 99.8 cm³/mol. The minimum Gasteiger partial charge on any atom is -0.385 e. The monoisotopic (exact) mass is 388 g/mol. The smallest absolute Gasteiger partial charge is 0.330 e. The van der Waals surface area contributed by atoms with Crippen LogP contribution in [0.25, 0.3) is 0 Å². The van der Waals surface area contributed by atoms with Crippen molar-refractivity contribution in [2.75, 3.05) is 0 Å². The first-order valence-electron chi connectivity index (χ1n) is 9.43. The van der Waals surface area contributed by atoms with E-state index in [0.29, 0.717) is 31.4 Å². The molecule has 4 rings (SSSR count). The molecule has 2 aromatic rings. The van der Waals surface area contributed by atoms with Gasteiger partial charge in [0.2, 0.25) is 0 Å². The average molecular weight is 388 g/mol. The molecule has 5 atom stereocenters. The fourth-order valence-corrected chi connectivity index (χ4v) is 4.14. The topological polar surface area (TPSA) is 114 Å². The second-order valence-corrected chi connectivity index (χ2v) is 7.59. The summed E-state index contributed by atoms with van der Waals surface area (Å²) in [6.07, 6.45) is -0.574. The van der Waals surface area contributed by atoms with E-state index in [1.807, 2.05) is 30.3 Å². The zero-order chi connectivity index (χ0) is 19.9. The Hall–Kier alpha value is -2.26. The summed E-state index contributed by atoms with van der Waals surface area (Å²) >= 11 is 0. The minimum atomic E-state index is -1.52. The van der Waals surface area contributed by atoms with E-state index in [9.17, 15) is 19.8 Å². The van der Waals surface area contributed by atoms with Crippen molar-refractivity contribution >= 4 is 0 Å². The van der Waals surface area contributed by atoms with Crippen molar-refractivity contribution in [1.82, 2.24) is 9.55 Å². The molecule has 8 heteroatoms. The van der Waals surface area contributed by atoms with Gasteiger partial charge in [-0.15, -0.1) is 0 Å². The van der Waals surface area contributed by atoms with Crippen LogP contribution in [0, 0.1) is 6.92 Å². The van der Waals surface area contributed by atoms with Crippen LogP contribution in [0.3, 0.4) is 0 Å². The molecule has 28 heavy (non-hydrogen) atoms. The van der Waals surface area contributed by atoms with E-state index < -0.39 is 41.4 Å². The summed E-state index contributed by atoms with van der Waals surface area (Å²) in [7, 11) is 0. The number of aromatic amines is 1. The molecule has 5 unspecified atom stereocenters. The number of rotatable bonds is 4. The Morgan fingerprint density at radius 3 is 2.82 bits per heavy atom. The molecule has 0 amide bonds. The van der Waals surface area contributed by atoms with Crippen LogP contribution < -0.4 is 11.2 Å². The second-order valence-electron chi connectivity index (χ2n) is 7.59. The molecule has 1 aliphatic heterocycles. The van der Waals surface area contributed by atoms with Gasteiger partial charge < -0.3 is 19.7 Å². The summed E-state index contributed by atoms with van der Waals surface area (Å²) < 4.78 is 13.1. The fourth-order valence-electron chi connectivity index (χ4n) is 4.14. The van der Waals surface area contributed by atoms with Crippen molar-refractivity contribution in [3.8, 4) is 0 Å². The van der Waals surface area contributed by atoms with Gasteiger partial charge in [0.1, 0.15) is 17.8 Å². The molecule has 1 aromatic heterocycles. The number of nitrogens with one attached hydrogen (secondary N) is 1. The van der Waals surface area contributed by atoms with Gasteiger partial charge in [-0.25, -0.2) is 4.79 Å². The maximum absolute atomic E-state index is 12.2. The number of aliphatic hydroxyl groups excluding tert-OH is 1. The molecule has 2 heterocycles. The highest BCUT2D eigenvalue weighted by Gasteiger charge is 2.60. The van der Waals surface area contributed by atoms with Gasteiger partial charge in [0.15, 0.2) is 6.23 Å². The predicted octanol–water partition coefficient (Wildman–Crippen LogP) is 0.604. The molecule has 1 aliphatic carbocycles. The third kappa shape index (κ3) is 3.22.